The maximum absolute atomic E-state index is 8.81. The van der Waals surface area contributed by atoms with E-state index in [4.69, 9.17) is 16.9 Å². The van der Waals surface area contributed by atoms with Gasteiger partial charge in [-0.15, -0.1) is 0 Å². The summed E-state index contributed by atoms with van der Waals surface area (Å²) in [6.45, 7) is 4.31. The van der Waals surface area contributed by atoms with Crippen LogP contribution in [0.2, 0.25) is 5.15 Å². The number of hydrogen-bond donors (Lipinski definition) is 2. The summed E-state index contributed by atoms with van der Waals surface area (Å²) in [6.07, 6.45) is 2.45. The molecule has 0 amide bonds. The third-order valence-corrected chi connectivity index (χ3v) is 4.36. The molecule has 4 nitrogen and oxygen atoms in total. The van der Waals surface area contributed by atoms with Crippen LogP contribution in [-0.2, 0) is 0 Å². The second-order valence-corrected chi connectivity index (χ2v) is 5.65. The Labute approximate surface area is 110 Å². The lowest BCUT2D eigenvalue weighted by Gasteiger charge is -2.28. The lowest BCUT2D eigenvalue weighted by atomic mass is 9.93. The van der Waals surface area contributed by atoms with E-state index in [1.54, 1.807) is 0 Å². The Morgan fingerprint density at radius 3 is 3.12 bits per heavy atom. The molecule has 1 aliphatic rings. The van der Waals surface area contributed by atoms with E-state index in [-0.39, 0.29) is 0 Å². The number of thiazole rings is 1. The Balaban J connectivity index is 1.97. The Hall–Kier alpha value is -0.830. The summed E-state index contributed by atoms with van der Waals surface area (Å²) in [5.74, 6) is 0.608. The highest BCUT2D eigenvalue weighted by Crippen LogP contribution is 2.27. The summed E-state index contributed by atoms with van der Waals surface area (Å²) in [5, 5.41) is 16.6. The van der Waals surface area contributed by atoms with Crippen molar-refractivity contribution in [3.8, 4) is 6.07 Å². The molecule has 2 unspecified atom stereocenters. The molecule has 0 saturated carbocycles. The van der Waals surface area contributed by atoms with Gasteiger partial charge in [0.2, 0.25) is 0 Å². The SMILES string of the molecule is CC(Nc1nc(Cl)c(C#N)s1)C1CCCNC1. The van der Waals surface area contributed by atoms with Crippen molar-refractivity contribution in [2.24, 2.45) is 5.92 Å². The van der Waals surface area contributed by atoms with Gasteiger partial charge >= 0.3 is 0 Å². The molecule has 0 spiro atoms. The molecule has 2 heterocycles. The average molecular weight is 271 g/mol. The van der Waals surface area contributed by atoms with Crippen molar-refractivity contribution in [3.05, 3.63) is 10.0 Å². The fraction of sp³-hybridized carbons (Fsp3) is 0.636. The molecule has 2 N–H and O–H groups in total. The largest absolute Gasteiger partial charge is 0.359 e. The summed E-state index contributed by atoms with van der Waals surface area (Å²) in [4.78, 5) is 4.62. The van der Waals surface area contributed by atoms with Crippen LogP contribution in [0.4, 0.5) is 5.13 Å². The van der Waals surface area contributed by atoms with Crippen LogP contribution < -0.4 is 10.6 Å². The van der Waals surface area contributed by atoms with Gasteiger partial charge < -0.3 is 10.6 Å². The maximum Gasteiger partial charge on any atom is 0.185 e. The van der Waals surface area contributed by atoms with Crippen LogP contribution in [0.25, 0.3) is 0 Å². The highest BCUT2D eigenvalue weighted by Gasteiger charge is 2.21. The van der Waals surface area contributed by atoms with E-state index in [0.717, 1.165) is 18.2 Å². The number of nitriles is 1. The van der Waals surface area contributed by atoms with Crippen LogP contribution in [0.5, 0.6) is 0 Å². The molecule has 2 rings (SSSR count). The van der Waals surface area contributed by atoms with Crippen molar-refractivity contribution in [3.63, 3.8) is 0 Å². The maximum atomic E-state index is 8.81. The number of nitrogens with one attached hydrogen (secondary N) is 2. The number of anilines is 1. The molecule has 6 heteroatoms. The lowest BCUT2D eigenvalue weighted by Crippen LogP contribution is -2.38. The summed E-state index contributed by atoms with van der Waals surface area (Å²) in [5.41, 5.74) is 0. The zero-order valence-electron chi connectivity index (χ0n) is 9.66. The second-order valence-electron chi connectivity index (χ2n) is 4.29. The number of halogens is 1. The monoisotopic (exact) mass is 270 g/mol. The van der Waals surface area contributed by atoms with Crippen molar-refractivity contribution in [1.82, 2.24) is 10.3 Å². The number of rotatable bonds is 3. The predicted molar refractivity (Wildman–Crippen MR) is 70.5 cm³/mol. The predicted octanol–water partition coefficient (Wildman–Crippen LogP) is 2.47. The third-order valence-electron chi connectivity index (χ3n) is 3.08. The van der Waals surface area contributed by atoms with E-state index >= 15 is 0 Å². The van der Waals surface area contributed by atoms with Crippen molar-refractivity contribution >= 4 is 28.1 Å². The van der Waals surface area contributed by atoms with E-state index in [1.807, 2.05) is 6.07 Å². The van der Waals surface area contributed by atoms with Crippen molar-refractivity contribution in [2.75, 3.05) is 18.4 Å². The first kappa shape index (κ1) is 12.6. The van der Waals surface area contributed by atoms with Gasteiger partial charge in [-0.2, -0.15) is 5.26 Å². The Bertz CT molecular complexity index is 420. The molecule has 0 bridgehead atoms. The van der Waals surface area contributed by atoms with Crippen molar-refractivity contribution < 1.29 is 0 Å². The van der Waals surface area contributed by atoms with Gasteiger partial charge in [-0.3, -0.25) is 0 Å². The van der Waals surface area contributed by atoms with Crippen LogP contribution in [0, 0.1) is 17.2 Å². The molecule has 1 aromatic heterocycles. The second kappa shape index (κ2) is 5.67. The molecule has 0 radical (unpaired) electrons. The van der Waals surface area contributed by atoms with Crippen LogP contribution in [-0.4, -0.2) is 24.1 Å². The van der Waals surface area contributed by atoms with E-state index < -0.39 is 0 Å². The first-order valence-corrected chi connectivity index (χ1v) is 6.94. The summed E-state index contributed by atoms with van der Waals surface area (Å²) in [7, 11) is 0. The molecule has 92 valence electrons. The summed E-state index contributed by atoms with van der Waals surface area (Å²) >= 11 is 7.15. The standard InChI is InChI=1S/C11H15ClN4S/c1-7(8-3-2-4-14-6-8)15-11-16-10(12)9(5-13)17-11/h7-8,14H,2-4,6H2,1H3,(H,15,16). The molecule has 0 aromatic carbocycles. The molecule has 1 aromatic rings. The van der Waals surface area contributed by atoms with Crippen molar-refractivity contribution in [1.29, 1.82) is 5.26 Å². The Kier molecular flexibility index (Phi) is 4.21. The molecule has 0 aliphatic carbocycles. The van der Waals surface area contributed by atoms with E-state index in [2.05, 4.69) is 22.5 Å². The number of nitrogens with zero attached hydrogens (tertiary/aromatic N) is 2. The smallest absolute Gasteiger partial charge is 0.185 e. The molecule has 2 atom stereocenters. The van der Waals surface area contributed by atoms with E-state index in [1.165, 1.54) is 24.2 Å². The minimum atomic E-state index is 0.300. The van der Waals surface area contributed by atoms with Crippen molar-refractivity contribution in [2.45, 2.75) is 25.8 Å². The van der Waals surface area contributed by atoms with Crippen LogP contribution in [0.1, 0.15) is 24.6 Å². The minimum absolute atomic E-state index is 0.300. The number of hydrogen-bond acceptors (Lipinski definition) is 5. The van der Waals surface area contributed by atoms with Gasteiger partial charge in [0.1, 0.15) is 10.9 Å². The van der Waals surface area contributed by atoms with Gasteiger partial charge in [0.25, 0.3) is 0 Å². The number of aromatic nitrogens is 1. The zero-order chi connectivity index (χ0) is 12.3. The fourth-order valence-electron chi connectivity index (χ4n) is 2.05. The van der Waals surface area contributed by atoms with Gasteiger partial charge in [-0.05, 0) is 38.8 Å². The van der Waals surface area contributed by atoms with Gasteiger partial charge in [-0.1, -0.05) is 22.9 Å². The third kappa shape index (κ3) is 3.09. The van der Waals surface area contributed by atoms with Crippen LogP contribution in [0.15, 0.2) is 0 Å². The molecule has 17 heavy (non-hydrogen) atoms. The summed E-state index contributed by atoms with van der Waals surface area (Å²) < 4.78 is 0. The first-order chi connectivity index (χ1) is 8.20. The van der Waals surface area contributed by atoms with Gasteiger partial charge in [0, 0.05) is 6.04 Å². The average Bonchev–Trinajstić information content (AvgIpc) is 2.70. The quantitative estimate of drug-likeness (QED) is 0.886. The molecule has 1 aliphatic heterocycles. The zero-order valence-corrected chi connectivity index (χ0v) is 11.2. The van der Waals surface area contributed by atoms with Crippen LogP contribution in [0.3, 0.4) is 0 Å². The van der Waals surface area contributed by atoms with E-state index in [0.29, 0.717) is 22.0 Å². The van der Waals surface area contributed by atoms with Gasteiger partial charge in [-0.25, -0.2) is 4.98 Å². The number of piperidine rings is 1. The molecular formula is C11H15ClN4S. The topological polar surface area (TPSA) is 60.7 Å². The lowest BCUT2D eigenvalue weighted by molar-refractivity contribution is 0.347. The highest BCUT2D eigenvalue weighted by molar-refractivity contribution is 7.16. The molecule has 1 fully saturated rings. The van der Waals surface area contributed by atoms with Crippen LogP contribution >= 0.6 is 22.9 Å². The fourth-order valence-corrected chi connectivity index (χ4v) is 3.09. The Morgan fingerprint density at radius 2 is 2.53 bits per heavy atom. The molecule has 1 saturated heterocycles. The first-order valence-electron chi connectivity index (χ1n) is 5.74. The normalized spacial score (nSPS) is 21.8. The molecular weight excluding hydrogens is 256 g/mol. The minimum Gasteiger partial charge on any atom is -0.359 e. The van der Waals surface area contributed by atoms with Gasteiger partial charge in [0.15, 0.2) is 10.3 Å². The highest BCUT2D eigenvalue weighted by atomic mass is 35.5. The van der Waals surface area contributed by atoms with Gasteiger partial charge in [0.05, 0.1) is 0 Å². The Morgan fingerprint density at radius 1 is 1.71 bits per heavy atom. The van der Waals surface area contributed by atoms with E-state index in [9.17, 15) is 0 Å². The summed E-state index contributed by atoms with van der Waals surface area (Å²) in [6, 6.07) is 2.38.